The van der Waals surface area contributed by atoms with Crippen LogP contribution in [0.4, 0.5) is 0 Å². The Balaban J connectivity index is 2.26. The lowest BCUT2D eigenvalue weighted by atomic mass is 9.53. The molecule has 2 heteroatoms. The van der Waals surface area contributed by atoms with E-state index in [0.717, 1.165) is 19.3 Å². The summed E-state index contributed by atoms with van der Waals surface area (Å²) in [7, 11) is 0. The lowest BCUT2D eigenvalue weighted by Gasteiger charge is -2.53. The first kappa shape index (κ1) is 12.1. The van der Waals surface area contributed by atoms with Gasteiger partial charge in [-0.05, 0) is 42.9 Å². The average molecular weight is 229 g/mol. The van der Waals surface area contributed by atoms with Gasteiger partial charge in [-0.3, -0.25) is 0 Å². The summed E-state index contributed by atoms with van der Waals surface area (Å²) in [5.41, 5.74) is 2.01. The summed E-state index contributed by atoms with van der Waals surface area (Å²) in [5.74, 6) is 0.445. The summed E-state index contributed by atoms with van der Waals surface area (Å²) in [6, 6.07) is 9.95. The number of aliphatic hydroxyl groups excluding tert-OH is 1. The zero-order valence-corrected chi connectivity index (χ0v) is 10.5. The molecule has 0 saturated heterocycles. The Kier molecular flexibility index (Phi) is 3.22. The Labute approximate surface area is 103 Å². The van der Waals surface area contributed by atoms with Gasteiger partial charge in [-0.25, -0.2) is 0 Å². The molecule has 2 unspecified atom stereocenters. The minimum absolute atomic E-state index is 0.0498. The van der Waals surface area contributed by atoms with Crippen LogP contribution in [0.25, 0.3) is 0 Å². The van der Waals surface area contributed by atoms with E-state index in [1.165, 1.54) is 5.56 Å². The molecule has 2 atom stereocenters. The molecule has 1 aliphatic rings. The molecule has 0 radical (unpaired) electrons. The molecule has 17 heavy (non-hydrogen) atoms. The third kappa shape index (κ3) is 1.75. The van der Waals surface area contributed by atoms with Gasteiger partial charge in [0, 0.05) is 5.41 Å². The molecule has 1 aromatic carbocycles. The highest BCUT2D eigenvalue weighted by atomic mass is 16.3. The molecule has 2 rings (SSSR count). The van der Waals surface area contributed by atoms with E-state index in [1.54, 1.807) is 0 Å². The highest BCUT2D eigenvalue weighted by Gasteiger charge is 2.52. The number of benzene rings is 1. The van der Waals surface area contributed by atoms with Crippen LogP contribution in [-0.2, 0) is 0 Å². The fourth-order valence-corrected chi connectivity index (χ4v) is 3.24. The predicted molar refractivity (Wildman–Crippen MR) is 67.5 cm³/mol. The molecule has 1 saturated carbocycles. The maximum absolute atomic E-state index is 10.0. The van der Waals surface area contributed by atoms with E-state index < -0.39 is 0 Å². The van der Waals surface area contributed by atoms with Crippen molar-refractivity contribution < 1.29 is 5.11 Å². The first-order chi connectivity index (χ1) is 8.17. The molecule has 0 aromatic heterocycles. The van der Waals surface area contributed by atoms with Crippen LogP contribution in [0.5, 0.6) is 0 Å². The van der Waals surface area contributed by atoms with Crippen molar-refractivity contribution in [3.8, 4) is 6.07 Å². The number of hydrogen-bond acceptors (Lipinski definition) is 2. The molecule has 0 aliphatic heterocycles. The second-order valence-corrected chi connectivity index (χ2v) is 4.98. The Morgan fingerprint density at radius 3 is 2.29 bits per heavy atom. The standard InChI is InChI=1S/C15H19NO/c1-3-15(4-2)13(9-14(15)17)12-7-5-11(10-16)6-8-12/h5-8,13-14,17H,3-4,9H2,1-2H3. The summed E-state index contributed by atoms with van der Waals surface area (Å²) in [5, 5.41) is 18.8. The second kappa shape index (κ2) is 4.50. The van der Waals surface area contributed by atoms with Crippen LogP contribution >= 0.6 is 0 Å². The molecule has 1 N–H and O–H groups in total. The van der Waals surface area contributed by atoms with E-state index in [1.807, 2.05) is 24.3 Å². The van der Waals surface area contributed by atoms with Gasteiger partial charge in [0.25, 0.3) is 0 Å². The minimum atomic E-state index is -0.168. The zero-order chi connectivity index (χ0) is 12.5. The number of aliphatic hydroxyl groups is 1. The first-order valence-electron chi connectivity index (χ1n) is 6.36. The Bertz CT molecular complexity index is 425. The lowest BCUT2D eigenvalue weighted by molar-refractivity contribution is -0.0932. The SMILES string of the molecule is CCC1(CC)C(O)CC1c1ccc(C#N)cc1. The molecule has 90 valence electrons. The van der Waals surface area contributed by atoms with Crippen molar-refractivity contribution in [1.29, 1.82) is 5.26 Å². The van der Waals surface area contributed by atoms with Crippen molar-refractivity contribution >= 4 is 0 Å². The number of nitrogens with zero attached hydrogens (tertiary/aromatic N) is 1. The predicted octanol–water partition coefficient (Wildman–Crippen LogP) is 3.21. The van der Waals surface area contributed by atoms with Crippen LogP contribution in [0, 0.1) is 16.7 Å². The van der Waals surface area contributed by atoms with Crippen molar-refractivity contribution in [2.24, 2.45) is 5.41 Å². The average Bonchev–Trinajstić information content (AvgIpc) is 2.38. The third-order valence-corrected chi connectivity index (χ3v) is 4.58. The van der Waals surface area contributed by atoms with E-state index in [4.69, 9.17) is 5.26 Å². The highest BCUT2D eigenvalue weighted by Crippen LogP contribution is 2.57. The fraction of sp³-hybridized carbons (Fsp3) is 0.533. The van der Waals surface area contributed by atoms with E-state index >= 15 is 0 Å². The molecular weight excluding hydrogens is 210 g/mol. The largest absolute Gasteiger partial charge is 0.393 e. The lowest BCUT2D eigenvalue weighted by Crippen LogP contribution is -2.50. The monoisotopic (exact) mass is 229 g/mol. The topological polar surface area (TPSA) is 44.0 Å². The van der Waals surface area contributed by atoms with Gasteiger partial charge >= 0.3 is 0 Å². The van der Waals surface area contributed by atoms with Gasteiger partial charge in [-0.2, -0.15) is 5.26 Å². The normalized spacial score (nSPS) is 26.0. The van der Waals surface area contributed by atoms with Crippen LogP contribution in [-0.4, -0.2) is 11.2 Å². The Morgan fingerprint density at radius 2 is 1.88 bits per heavy atom. The summed E-state index contributed by atoms with van der Waals surface area (Å²) < 4.78 is 0. The molecule has 0 heterocycles. The summed E-state index contributed by atoms with van der Waals surface area (Å²) in [4.78, 5) is 0. The van der Waals surface area contributed by atoms with E-state index in [0.29, 0.717) is 11.5 Å². The number of hydrogen-bond donors (Lipinski definition) is 1. The van der Waals surface area contributed by atoms with Crippen molar-refractivity contribution in [2.45, 2.75) is 45.1 Å². The van der Waals surface area contributed by atoms with Crippen LogP contribution < -0.4 is 0 Å². The van der Waals surface area contributed by atoms with Gasteiger partial charge in [-0.1, -0.05) is 26.0 Å². The van der Waals surface area contributed by atoms with Crippen LogP contribution in [0.1, 0.15) is 50.2 Å². The van der Waals surface area contributed by atoms with Gasteiger partial charge in [0.05, 0.1) is 17.7 Å². The number of rotatable bonds is 3. The summed E-state index contributed by atoms with van der Waals surface area (Å²) in [6.07, 6.45) is 2.70. The van der Waals surface area contributed by atoms with Crippen LogP contribution in [0.2, 0.25) is 0 Å². The molecule has 1 aromatic rings. The van der Waals surface area contributed by atoms with Crippen molar-refractivity contribution in [1.82, 2.24) is 0 Å². The Hall–Kier alpha value is -1.33. The van der Waals surface area contributed by atoms with Crippen molar-refractivity contribution in [3.05, 3.63) is 35.4 Å². The highest BCUT2D eigenvalue weighted by molar-refractivity contribution is 5.35. The fourth-order valence-electron chi connectivity index (χ4n) is 3.24. The van der Waals surface area contributed by atoms with Gasteiger partial charge in [0.15, 0.2) is 0 Å². The summed E-state index contributed by atoms with van der Waals surface area (Å²) in [6.45, 7) is 4.31. The van der Waals surface area contributed by atoms with Gasteiger partial charge in [0.1, 0.15) is 0 Å². The smallest absolute Gasteiger partial charge is 0.0991 e. The second-order valence-electron chi connectivity index (χ2n) is 4.98. The van der Waals surface area contributed by atoms with Crippen LogP contribution in [0.3, 0.4) is 0 Å². The number of nitriles is 1. The van der Waals surface area contributed by atoms with E-state index in [-0.39, 0.29) is 11.5 Å². The minimum Gasteiger partial charge on any atom is -0.393 e. The molecular formula is C15H19NO. The van der Waals surface area contributed by atoms with E-state index in [2.05, 4.69) is 19.9 Å². The zero-order valence-electron chi connectivity index (χ0n) is 10.5. The van der Waals surface area contributed by atoms with Gasteiger partial charge in [0.2, 0.25) is 0 Å². The third-order valence-electron chi connectivity index (χ3n) is 4.58. The van der Waals surface area contributed by atoms with Crippen molar-refractivity contribution in [2.75, 3.05) is 0 Å². The van der Waals surface area contributed by atoms with Gasteiger partial charge < -0.3 is 5.11 Å². The molecule has 0 amide bonds. The molecule has 2 nitrogen and oxygen atoms in total. The molecule has 1 aliphatic carbocycles. The molecule has 0 spiro atoms. The summed E-state index contributed by atoms with van der Waals surface area (Å²) >= 11 is 0. The quantitative estimate of drug-likeness (QED) is 0.864. The van der Waals surface area contributed by atoms with E-state index in [9.17, 15) is 5.11 Å². The molecule has 0 bridgehead atoms. The maximum atomic E-state index is 10.0. The van der Waals surface area contributed by atoms with Gasteiger partial charge in [-0.15, -0.1) is 0 Å². The van der Waals surface area contributed by atoms with Crippen LogP contribution in [0.15, 0.2) is 24.3 Å². The van der Waals surface area contributed by atoms with Crippen molar-refractivity contribution in [3.63, 3.8) is 0 Å². The maximum Gasteiger partial charge on any atom is 0.0991 e. The molecule has 1 fully saturated rings. The Morgan fingerprint density at radius 1 is 1.29 bits per heavy atom. The first-order valence-corrected chi connectivity index (χ1v) is 6.36.